The van der Waals surface area contributed by atoms with Gasteiger partial charge in [0.25, 0.3) is 5.91 Å². The number of amides is 1. The first-order valence-electron chi connectivity index (χ1n) is 5.61. The molecule has 0 saturated carbocycles. The molecule has 100 valence electrons. The maximum absolute atomic E-state index is 12.0. The first-order valence-corrected chi connectivity index (χ1v) is 6.43. The number of carbonyl (C=O) groups excluding carboxylic acids is 1. The van der Waals surface area contributed by atoms with Crippen molar-refractivity contribution in [1.82, 2.24) is 10.2 Å². The van der Waals surface area contributed by atoms with Crippen LogP contribution in [-0.2, 0) is 0 Å². The molecule has 1 aromatic carbocycles. The molecule has 0 aliphatic carbocycles. The van der Waals surface area contributed by atoms with Crippen molar-refractivity contribution in [2.75, 3.05) is 24.8 Å². The van der Waals surface area contributed by atoms with Gasteiger partial charge in [-0.1, -0.05) is 17.4 Å². The summed E-state index contributed by atoms with van der Waals surface area (Å²) in [6.45, 7) is 1.94. The van der Waals surface area contributed by atoms with E-state index in [-0.39, 0.29) is 5.91 Å². The Labute approximate surface area is 114 Å². The molecule has 0 radical (unpaired) electrons. The van der Waals surface area contributed by atoms with Crippen LogP contribution >= 0.6 is 11.3 Å². The Kier molecular flexibility index (Phi) is 3.96. The molecule has 0 saturated heterocycles. The molecule has 1 aromatic heterocycles. The minimum atomic E-state index is -0.303. The third-order valence-electron chi connectivity index (χ3n) is 2.44. The van der Waals surface area contributed by atoms with Crippen molar-refractivity contribution < 1.29 is 9.53 Å². The van der Waals surface area contributed by atoms with Crippen molar-refractivity contribution in [3.05, 3.63) is 28.8 Å². The van der Waals surface area contributed by atoms with Crippen LogP contribution in [-0.4, -0.2) is 30.3 Å². The number of nitrogens with one attached hydrogen (secondary N) is 2. The Balaban J connectivity index is 2.20. The monoisotopic (exact) mass is 278 g/mol. The van der Waals surface area contributed by atoms with Crippen molar-refractivity contribution in [2.45, 2.75) is 6.92 Å². The minimum Gasteiger partial charge on any atom is -0.495 e. The molecule has 7 heteroatoms. The Morgan fingerprint density at radius 1 is 1.37 bits per heavy atom. The summed E-state index contributed by atoms with van der Waals surface area (Å²) in [5.41, 5.74) is 1.65. The first-order chi connectivity index (χ1) is 9.13. The molecule has 2 rings (SSSR count). The number of hydrogen-bond donors (Lipinski definition) is 2. The van der Waals surface area contributed by atoms with Crippen LogP contribution in [0.5, 0.6) is 5.75 Å². The summed E-state index contributed by atoms with van der Waals surface area (Å²) in [7, 11) is 3.29. The Bertz CT molecular complexity index is 597. The minimum absolute atomic E-state index is 0.299. The molecule has 1 heterocycles. The molecular formula is C12H14N4O2S. The zero-order valence-electron chi connectivity index (χ0n) is 10.9. The molecule has 2 N–H and O–H groups in total. The van der Waals surface area contributed by atoms with Gasteiger partial charge in [0, 0.05) is 7.05 Å². The summed E-state index contributed by atoms with van der Waals surface area (Å²) in [4.78, 5) is 12.0. The molecule has 19 heavy (non-hydrogen) atoms. The molecule has 0 unspecified atom stereocenters. The number of carbonyl (C=O) groups is 1. The molecular weight excluding hydrogens is 264 g/mol. The number of benzene rings is 1. The molecule has 0 atom stereocenters. The van der Waals surface area contributed by atoms with E-state index in [2.05, 4.69) is 20.8 Å². The number of anilines is 2. The van der Waals surface area contributed by atoms with E-state index in [9.17, 15) is 4.79 Å². The van der Waals surface area contributed by atoms with Crippen molar-refractivity contribution in [2.24, 2.45) is 0 Å². The molecule has 0 spiro atoms. The topological polar surface area (TPSA) is 76.1 Å². The molecule has 2 aromatic rings. The van der Waals surface area contributed by atoms with Crippen LogP contribution in [0, 0.1) is 6.92 Å². The third-order valence-corrected chi connectivity index (χ3v) is 3.38. The van der Waals surface area contributed by atoms with Gasteiger partial charge in [-0.2, -0.15) is 0 Å². The fourth-order valence-electron chi connectivity index (χ4n) is 1.51. The number of rotatable bonds is 4. The number of aryl methyl sites for hydroxylation is 1. The van der Waals surface area contributed by atoms with Gasteiger partial charge in [0.05, 0.1) is 12.8 Å². The van der Waals surface area contributed by atoms with Crippen LogP contribution in [0.1, 0.15) is 15.4 Å². The molecule has 0 bridgehead atoms. The zero-order valence-corrected chi connectivity index (χ0v) is 11.7. The highest BCUT2D eigenvalue weighted by Gasteiger charge is 2.14. The predicted octanol–water partition coefficient (Wildman–Crippen LogP) is 2.15. The van der Waals surface area contributed by atoms with E-state index >= 15 is 0 Å². The van der Waals surface area contributed by atoms with E-state index < -0.39 is 0 Å². The van der Waals surface area contributed by atoms with Crippen molar-refractivity contribution in [1.29, 1.82) is 0 Å². The van der Waals surface area contributed by atoms with Gasteiger partial charge in [-0.3, -0.25) is 4.79 Å². The normalized spacial score (nSPS) is 10.1. The molecule has 6 nitrogen and oxygen atoms in total. The standard InChI is InChI=1S/C12H14N4O2S/c1-7-4-5-9(18-3)8(6-7)14-10(17)11-15-16-12(13-2)19-11/h4-6H,1-3H3,(H,13,16)(H,14,17). The zero-order chi connectivity index (χ0) is 13.8. The van der Waals surface area contributed by atoms with E-state index in [4.69, 9.17) is 4.74 Å². The molecule has 1 amide bonds. The predicted molar refractivity (Wildman–Crippen MR) is 75.1 cm³/mol. The van der Waals surface area contributed by atoms with Gasteiger partial charge < -0.3 is 15.4 Å². The SMILES string of the molecule is CNc1nnc(C(=O)Nc2cc(C)ccc2OC)s1. The summed E-state index contributed by atoms with van der Waals surface area (Å²) in [5, 5.41) is 14.1. The van der Waals surface area contributed by atoms with E-state index in [0.29, 0.717) is 21.6 Å². The van der Waals surface area contributed by atoms with Gasteiger partial charge >= 0.3 is 0 Å². The maximum Gasteiger partial charge on any atom is 0.286 e. The highest BCUT2D eigenvalue weighted by Crippen LogP contribution is 2.26. The average molecular weight is 278 g/mol. The number of nitrogens with zero attached hydrogens (tertiary/aromatic N) is 2. The highest BCUT2D eigenvalue weighted by atomic mass is 32.1. The molecule has 0 aliphatic heterocycles. The van der Waals surface area contributed by atoms with Gasteiger partial charge in [-0.25, -0.2) is 0 Å². The molecule has 0 fully saturated rings. The van der Waals surface area contributed by atoms with Crippen LogP contribution in [0.4, 0.5) is 10.8 Å². The highest BCUT2D eigenvalue weighted by molar-refractivity contribution is 7.17. The first kappa shape index (κ1) is 13.3. The summed E-state index contributed by atoms with van der Waals surface area (Å²) < 4.78 is 5.20. The second-order valence-corrected chi connectivity index (χ2v) is 4.80. The number of hydrogen-bond acceptors (Lipinski definition) is 6. The number of aromatic nitrogens is 2. The van der Waals surface area contributed by atoms with Crippen molar-refractivity contribution in [3.63, 3.8) is 0 Å². The van der Waals surface area contributed by atoms with Gasteiger partial charge in [-0.05, 0) is 24.6 Å². The summed E-state index contributed by atoms with van der Waals surface area (Å²) >= 11 is 1.19. The Morgan fingerprint density at radius 3 is 2.79 bits per heavy atom. The maximum atomic E-state index is 12.0. The number of methoxy groups -OCH3 is 1. The van der Waals surface area contributed by atoms with Crippen LogP contribution in [0.3, 0.4) is 0 Å². The average Bonchev–Trinajstić information content (AvgIpc) is 2.88. The lowest BCUT2D eigenvalue weighted by Gasteiger charge is -2.09. The second-order valence-electron chi connectivity index (χ2n) is 3.82. The lowest BCUT2D eigenvalue weighted by atomic mass is 10.2. The second kappa shape index (κ2) is 5.66. The third kappa shape index (κ3) is 3.00. The van der Waals surface area contributed by atoms with Crippen LogP contribution in [0.15, 0.2) is 18.2 Å². The van der Waals surface area contributed by atoms with Crippen LogP contribution in [0.25, 0.3) is 0 Å². The smallest absolute Gasteiger partial charge is 0.286 e. The fourth-order valence-corrected chi connectivity index (χ4v) is 2.10. The summed E-state index contributed by atoms with van der Waals surface area (Å²) in [5.74, 6) is 0.306. The lowest BCUT2D eigenvalue weighted by Crippen LogP contribution is -2.12. The summed E-state index contributed by atoms with van der Waals surface area (Å²) in [6, 6.07) is 5.57. The van der Waals surface area contributed by atoms with Gasteiger partial charge in [0.15, 0.2) is 0 Å². The summed E-state index contributed by atoms with van der Waals surface area (Å²) in [6.07, 6.45) is 0. The van der Waals surface area contributed by atoms with Crippen LogP contribution < -0.4 is 15.4 Å². The van der Waals surface area contributed by atoms with Gasteiger partial charge in [0.1, 0.15) is 5.75 Å². The van der Waals surface area contributed by atoms with E-state index in [1.165, 1.54) is 11.3 Å². The number of ether oxygens (including phenoxy) is 1. The van der Waals surface area contributed by atoms with Gasteiger partial charge in [0.2, 0.25) is 10.1 Å². The molecule has 0 aliphatic rings. The largest absolute Gasteiger partial charge is 0.495 e. The Morgan fingerprint density at radius 2 is 2.16 bits per heavy atom. The van der Waals surface area contributed by atoms with E-state index in [0.717, 1.165) is 5.56 Å². The van der Waals surface area contributed by atoms with Gasteiger partial charge in [-0.15, -0.1) is 10.2 Å². The Hall–Kier alpha value is -2.15. The fraction of sp³-hybridized carbons (Fsp3) is 0.250. The lowest BCUT2D eigenvalue weighted by molar-refractivity contribution is 0.102. The van der Waals surface area contributed by atoms with E-state index in [1.54, 1.807) is 14.2 Å². The van der Waals surface area contributed by atoms with Crippen molar-refractivity contribution >= 4 is 28.1 Å². The van der Waals surface area contributed by atoms with Crippen LogP contribution in [0.2, 0.25) is 0 Å². The quantitative estimate of drug-likeness (QED) is 0.896. The van der Waals surface area contributed by atoms with Crippen molar-refractivity contribution in [3.8, 4) is 5.75 Å². The van der Waals surface area contributed by atoms with E-state index in [1.807, 2.05) is 25.1 Å².